The molecule has 170 valence electrons. The third-order valence-corrected chi connectivity index (χ3v) is 5.50. The molecule has 0 atom stereocenters. The van der Waals surface area contributed by atoms with E-state index in [1.807, 2.05) is 0 Å². The lowest BCUT2D eigenvalue weighted by Crippen LogP contribution is -2.63. The van der Waals surface area contributed by atoms with Crippen LogP contribution in [-0.2, 0) is 14.3 Å². The first-order chi connectivity index (χ1) is 13.4. The van der Waals surface area contributed by atoms with Gasteiger partial charge in [-0.1, -0.05) is 12.1 Å². The van der Waals surface area contributed by atoms with Gasteiger partial charge in [-0.25, -0.2) is 0 Å². The van der Waals surface area contributed by atoms with Crippen molar-refractivity contribution in [2.45, 2.75) is 36.6 Å². The molecule has 4 nitrogen and oxygen atoms in total. The average Bonchev–Trinajstić information content (AvgIpc) is 2.60. The number of benzene rings is 1. The highest BCUT2D eigenvalue weighted by Crippen LogP contribution is 2.55. The van der Waals surface area contributed by atoms with Crippen molar-refractivity contribution in [3.8, 4) is 0 Å². The Hall–Kier alpha value is -2.12. The minimum absolute atomic E-state index is 0.0223. The van der Waals surface area contributed by atoms with Crippen LogP contribution in [0.5, 0.6) is 0 Å². The van der Waals surface area contributed by atoms with Gasteiger partial charge in [0.2, 0.25) is 0 Å². The van der Waals surface area contributed by atoms with E-state index in [1.54, 1.807) is 36.1 Å². The molecule has 0 bridgehead atoms. The Labute approximate surface area is 165 Å². The maximum absolute atomic E-state index is 13.7. The summed E-state index contributed by atoms with van der Waals surface area (Å²) >= 11 is 0. The summed E-state index contributed by atoms with van der Waals surface area (Å²) < 4.78 is 143. The Balaban J connectivity index is 2.23. The molecule has 0 saturated carbocycles. The van der Waals surface area contributed by atoms with E-state index in [2.05, 4.69) is 4.18 Å². The highest BCUT2D eigenvalue weighted by molar-refractivity contribution is 7.88. The van der Waals surface area contributed by atoms with E-state index >= 15 is 0 Å². The predicted molar refractivity (Wildman–Crippen MR) is 87.0 cm³/mol. The Morgan fingerprint density at radius 3 is 2.03 bits per heavy atom. The van der Waals surface area contributed by atoms with E-state index in [0.717, 1.165) is 11.6 Å². The van der Waals surface area contributed by atoms with Crippen molar-refractivity contribution < 1.29 is 52.1 Å². The third kappa shape index (κ3) is 4.05. The number of anilines is 1. The van der Waals surface area contributed by atoms with Crippen LogP contribution in [0.4, 0.5) is 45.2 Å². The normalized spacial score (nSPS) is 17.0. The highest BCUT2D eigenvalue weighted by Gasteiger charge is 2.86. The quantitative estimate of drug-likeness (QED) is 0.439. The topological polar surface area (TPSA) is 46.6 Å². The molecule has 0 saturated heterocycles. The van der Waals surface area contributed by atoms with Crippen LogP contribution in [0.1, 0.15) is 12.0 Å². The summed E-state index contributed by atoms with van der Waals surface area (Å²) in [5.41, 5.74) is 1.53. The molecular formula is C16H14F9NO3S. The van der Waals surface area contributed by atoms with Gasteiger partial charge in [-0.2, -0.15) is 47.9 Å². The molecule has 1 heterocycles. The Kier molecular flexibility index (Phi) is 6.07. The predicted octanol–water partition coefficient (Wildman–Crippen LogP) is 4.86. The summed E-state index contributed by atoms with van der Waals surface area (Å²) in [5, 5.41) is -6.87. The van der Waals surface area contributed by atoms with Gasteiger partial charge in [0.05, 0.1) is 0 Å². The van der Waals surface area contributed by atoms with Gasteiger partial charge in [0.25, 0.3) is 0 Å². The zero-order valence-corrected chi connectivity index (χ0v) is 15.8. The lowest BCUT2D eigenvalue weighted by molar-refractivity contribution is -0.382. The first kappa shape index (κ1) is 24.2. The third-order valence-electron chi connectivity index (χ3n) is 4.18. The fraction of sp³-hybridized carbons (Fsp3) is 0.500. The average molecular weight is 471 g/mol. The summed E-state index contributed by atoms with van der Waals surface area (Å²) in [7, 11) is -6.90. The molecule has 0 aromatic heterocycles. The van der Waals surface area contributed by atoms with Gasteiger partial charge in [0.15, 0.2) is 0 Å². The van der Waals surface area contributed by atoms with E-state index in [9.17, 15) is 47.9 Å². The van der Waals surface area contributed by atoms with E-state index in [1.165, 1.54) is 0 Å². The first-order valence-electron chi connectivity index (χ1n) is 8.09. The second-order valence-corrected chi connectivity index (χ2v) is 7.99. The molecule has 1 aliphatic rings. The lowest BCUT2D eigenvalue weighted by Gasteiger charge is -2.33. The standard InChI is InChI=1S/C16H14F9NO3S/c1-10-3-2-4-11(9-10)26-7-5-12(6-8-26)29-30(27,28)16(24,25)14(19,20)13(17,18)15(21,22)23/h2-5,9H,6-8H2,1H3. The Morgan fingerprint density at radius 1 is 0.967 bits per heavy atom. The maximum Gasteiger partial charge on any atom is 0.460 e. The number of hydrogen-bond acceptors (Lipinski definition) is 4. The van der Waals surface area contributed by atoms with Gasteiger partial charge in [0, 0.05) is 25.2 Å². The van der Waals surface area contributed by atoms with Gasteiger partial charge in [-0.05, 0) is 30.7 Å². The number of rotatable bonds is 6. The van der Waals surface area contributed by atoms with Crippen LogP contribution in [0.3, 0.4) is 0 Å². The molecule has 0 fully saturated rings. The molecule has 0 unspecified atom stereocenters. The number of halogens is 9. The second-order valence-electron chi connectivity index (χ2n) is 6.41. The number of hydrogen-bond donors (Lipinski definition) is 0. The molecule has 0 amide bonds. The minimum atomic E-state index is -7.33. The van der Waals surface area contributed by atoms with E-state index in [-0.39, 0.29) is 13.1 Å². The van der Waals surface area contributed by atoms with Crippen LogP contribution in [0.25, 0.3) is 0 Å². The molecule has 1 aliphatic heterocycles. The molecule has 0 N–H and O–H groups in total. The first-order valence-corrected chi connectivity index (χ1v) is 9.50. The lowest BCUT2D eigenvalue weighted by atomic mass is 10.1. The molecule has 1 aromatic carbocycles. The van der Waals surface area contributed by atoms with E-state index in [0.29, 0.717) is 5.69 Å². The van der Waals surface area contributed by atoms with Gasteiger partial charge < -0.3 is 9.08 Å². The Morgan fingerprint density at radius 2 is 1.57 bits per heavy atom. The summed E-state index contributed by atoms with van der Waals surface area (Å²) in [6.07, 6.45) is -6.63. The zero-order chi connectivity index (χ0) is 23.2. The second kappa shape index (κ2) is 7.54. The number of nitrogens with zero attached hydrogens (tertiary/aromatic N) is 1. The van der Waals surface area contributed by atoms with Crippen molar-refractivity contribution in [1.82, 2.24) is 0 Å². The summed E-state index contributed by atoms with van der Waals surface area (Å²) in [4.78, 5) is 1.64. The maximum atomic E-state index is 13.7. The molecule has 2 rings (SSSR count). The number of aryl methyl sites for hydroxylation is 1. The van der Waals surface area contributed by atoms with Gasteiger partial charge >= 0.3 is 33.4 Å². The number of alkyl halides is 9. The van der Waals surface area contributed by atoms with Crippen molar-refractivity contribution in [3.05, 3.63) is 41.7 Å². The molecule has 30 heavy (non-hydrogen) atoms. The van der Waals surface area contributed by atoms with Crippen molar-refractivity contribution in [2.24, 2.45) is 0 Å². The van der Waals surface area contributed by atoms with Crippen molar-refractivity contribution in [3.63, 3.8) is 0 Å². The molecule has 0 spiro atoms. The van der Waals surface area contributed by atoms with Crippen LogP contribution in [0.15, 0.2) is 36.1 Å². The highest BCUT2D eigenvalue weighted by atomic mass is 32.2. The van der Waals surface area contributed by atoms with Crippen LogP contribution >= 0.6 is 0 Å². The molecular weight excluding hydrogens is 457 g/mol. The van der Waals surface area contributed by atoms with Crippen molar-refractivity contribution in [2.75, 3.05) is 18.0 Å². The van der Waals surface area contributed by atoms with E-state index < -0.39 is 45.6 Å². The van der Waals surface area contributed by atoms with Crippen LogP contribution < -0.4 is 4.90 Å². The summed E-state index contributed by atoms with van der Waals surface area (Å²) in [6.45, 7) is 1.64. The largest absolute Gasteiger partial charge is 0.460 e. The zero-order valence-electron chi connectivity index (χ0n) is 15.0. The van der Waals surface area contributed by atoms with Gasteiger partial charge in [0.1, 0.15) is 5.76 Å². The van der Waals surface area contributed by atoms with Crippen LogP contribution in [0, 0.1) is 6.92 Å². The Bertz CT molecular complexity index is 926. The van der Waals surface area contributed by atoms with E-state index in [4.69, 9.17) is 0 Å². The smallest absolute Gasteiger partial charge is 0.383 e. The summed E-state index contributed by atoms with van der Waals surface area (Å²) in [5.74, 6) is -15.4. The van der Waals surface area contributed by atoms with Crippen LogP contribution in [-0.4, -0.2) is 44.8 Å². The molecule has 0 aliphatic carbocycles. The minimum Gasteiger partial charge on any atom is -0.383 e. The fourth-order valence-corrected chi connectivity index (χ4v) is 3.48. The fourth-order valence-electron chi connectivity index (χ4n) is 2.50. The molecule has 0 radical (unpaired) electrons. The van der Waals surface area contributed by atoms with Gasteiger partial charge in [-0.3, -0.25) is 0 Å². The molecule has 14 heteroatoms. The summed E-state index contributed by atoms with van der Waals surface area (Å²) in [6, 6.07) is 6.90. The molecule has 1 aromatic rings. The van der Waals surface area contributed by atoms with Gasteiger partial charge in [-0.15, -0.1) is 0 Å². The van der Waals surface area contributed by atoms with Crippen molar-refractivity contribution in [1.29, 1.82) is 0 Å². The van der Waals surface area contributed by atoms with Crippen molar-refractivity contribution >= 4 is 15.8 Å². The SMILES string of the molecule is Cc1cccc(N2CC=C(OS(=O)(=O)C(F)(F)C(F)(F)C(F)(F)C(F)(F)F)CC2)c1. The van der Waals surface area contributed by atoms with Crippen LogP contribution in [0.2, 0.25) is 0 Å². The monoisotopic (exact) mass is 471 g/mol.